The smallest absolute Gasteiger partial charge is 0.345 e. The van der Waals surface area contributed by atoms with Crippen molar-refractivity contribution in [3.63, 3.8) is 0 Å². The highest BCUT2D eigenvalue weighted by Crippen LogP contribution is 2.42. The maximum Gasteiger partial charge on any atom is 0.345 e. The van der Waals surface area contributed by atoms with Gasteiger partial charge in [-0.05, 0) is 83.6 Å². The second-order valence-corrected chi connectivity index (χ2v) is 9.79. The molecule has 1 aliphatic rings. The van der Waals surface area contributed by atoms with Gasteiger partial charge in [0, 0.05) is 24.1 Å². The predicted molar refractivity (Wildman–Crippen MR) is 153 cm³/mol. The van der Waals surface area contributed by atoms with E-state index in [0.29, 0.717) is 47.2 Å². The Labute approximate surface area is 240 Å². The highest BCUT2D eigenvalue weighted by Gasteiger charge is 2.33. The van der Waals surface area contributed by atoms with Crippen molar-refractivity contribution in [3.8, 4) is 34.5 Å². The van der Waals surface area contributed by atoms with Crippen LogP contribution >= 0.6 is 0 Å². The van der Waals surface area contributed by atoms with E-state index in [1.165, 1.54) is 42.5 Å². The normalized spacial score (nSPS) is 14.2. The van der Waals surface area contributed by atoms with Gasteiger partial charge in [0.05, 0.1) is 0 Å². The van der Waals surface area contributed by atoms with Gasteiger partial charge in [-0.1, -0.05) is 25.1 Å². The summed E-state index contributed by atoms with van der Waals surface area (Å²) in [5.41, 5.74) is 3.02. The highest BCUT2D eigenvalue weighted by atomic mass is 16.6. The van der Waals surface area contributed by atoms with Crippen LogP contribution in [0.15, 0.2) is 48.5 Å². The topological polar surface area (TPSA) is 197 Å². The molecule has 0 bridgehead atoms. The third kappa shape index (κ3) is 6.42. The summed E-state index contributed by atoms with van der Waals surface area (Å²) >= 11 is 0. The first-order valence-electron chi connectivity index (χ1n) is 13.1. The largest absolute Gasteiger partial charge is 0.504 e. The number of carbonyl (C=O) groups excluding carboxylic acids is 1. The summed E-state index contributed by atoms with van der Waals surface area (Å²) in [4.78, 5) is 25.1. The fourth-order valence-electron chi connectivity index (χ4n) is 4.87. The molecule has 0 fully saturated rings. The van der Waals surface area contributed by atoms with Gasteiger partial charge in [0.1, 0.15) is 0 Å². The second kappa shape index (κ2) is 12.6. The van der Waals surface area contributed by atoms with Gasteiger partial charge >= 0.3 is 11.9 Å². The van der Waals surface area contributed by atoms with E-state index in [4.69, 9.17) is 4.74 Å². The minimum absolute atomic E-state index is 0.0917. The Hall–Kier alpha value is -5.16. The fourth-order valence-corrected chi connectivity index (χ4v) is 4.87. The lowest BCUT2D eigenvalue weighted by atomic mass is 9.85. The van der Waals surface area contributed by atoms with E-state index in [-0.39, 0.29) is 29.5 Å². The molecule has 0 spiro atoms. The number of hydrogen-bond acceptors (Lipinski definition) is 10. The third-order valence-electron chi connectivity index (χ3n) is 7.06. The minimum atomic E-state index is -1.65. The number of allylic oxidation sites excluding steroid dienone is 1. The molecule has 0 aliphatic heterocycles. The quantitative estimate of drug-likeness (QED) is 0.0991. The molecule has 4 rings (SSSR count). The summed E-state index contributed by atoms with van der Waals surface area (Å²) in [5.74, 6) is -5.42. The number of rotatable bonds is 10. The van der Waals surface area contributed by atoms with Crippen LogP contribution in [-0.4, -0.2) is 66.9 Å². The molecule has 11 nitrogen and oxygen atoms in total. The standard InChI is InChI=1S/C31H31NO10/c1-2-32-15-22(19-5-9-24(34)26(36)13-19)30(31(40)41)42-28(38)10-6-18-14-27(37)29(39)20-7-3-16(11-21(18)20)17-4-8-23(33)25(35)12-17/h4-6,8-14,22,30,32-37,39H,2-3,7,15H2,1H3,(H,40,41)/t22-,30+/m0/s1. The monoisotopic (exact) mass is 577 g/mol. The van der Waals surface area contributed by atoms with Crippen molar-refractivity contribution < 1.29 is 50.1 Å². The number of aromatic hydroxyl groups is 6. The molecule has 0 saturated carbocycles. The Kier molecular flexibility index (Phi) is 8.92. The second-order valence-electron chi connectivity index (χ2n) is 9.79. The Morgan fingerprint density at radius 3 is 2.24 bits per heavy atom. The van der Waals surface area contributed by atoms with Gasteiger partial charge in [-0.3, -0.25) is 0 Å². The van der Waals surface area contributed by atoms with Gasteiger partial charge < -0.3 is 45.8 Å². The number of aliphatic carboxylic acids is 1. The number of ether oxygens (including phenoxy) is 1. The van der Waals surface area contributed by atoms with E-state index in [2.05, 4.69) is 5.32 Å². The van der Waals surface area contributed by atoms with Gasteiger partial charge in [0.25, 0.3) is 0 Å². The van der Waals surface area contributed by atoms with Crippen LogP contribution in [0.3, 0.4) is 0 Å². The van der Waals surface area contributed by atoms with Crippen molar-refractivity contribution in [1.29, 1.82) is 0 Å². The lowest BCUT2D eigenvalue weighted by molar-refractivity contribution is -0.162. The summed E-state index contributed by atoms with van der Waals surface area (Å²) in [7, 11) is 0. The Balaban J connectivity index is 1.64. The molecule has 2 atom stereocenters. The average Bonchev–Trinajstić information content (AvgIpc) is 2.96. The molecule has 42 heavy (non-hydrogen) atoms. The number of phenolic OH excluding ortho intramolecular Hbond substituents is 6. The van der Waals surface area contributed by atoms with Gasteiger partial charge in [0.15, 0.2) is 34.5 Å². The van der Waals surface area contributed by atoms with Gasteiger partial charge in [-0.25, -0.2) is 9.59 Å². The first kappa shape index (κ1) is 29.8. The molecule has 0 heterocycles. The Morgan fingerprint density at radius 2 is 1.60 bits per heavy atom. The number of phenols is 6. The number of carboxylic acid groups (broad SMARTS) is 1. The van der Waals surface area contributed by atoms with Crippen molar-refractivity contribution >= 4 is 29.7 Å². The number of benzene rings is 3. The molecule has 11 heteroatoms. The number of nitrogens with one attached hydrogen (secondary N) is 1. The van der Waals surface area contributed by atoms with Gasteiger partial charge in [0.2, 0.25) is 6.10 Å². The lowest BCUT2D eigenvalue weighted by Crippen LogP contribution is -2.38. The molecular weight excluding hydrogens is 546 g/mol. The van der Waals surface area contributed by atoms with E-state index in [1.807, 2.05) is 6.92 Å². The zero-order valence-electron chi connectivity index (χ0n) is 22.6. The van der Waals surface area contributed by atoms with Crippen molar-refractivity contribution in [2.24, 2.45) is 0 Å². The molecule has 220 valence electrons. The van der Waals surface area contributed by atoms with Crippen LogP contribution in [0.25, 0.3) is 17.7 Å². The van der Waals surface area contributed by atoms with Crippen LogP contribution in [0.2, 0.25) is 0 Å². The van der Waals surface area contributed by atoms with Crippen LogP contribution in [0.4, 0.5) is 0 Å². The van der Waals surface area contributed by atoms with Crippen LogP contribution in [0, 0.1) is 0 Å². The number of carboxylic acids is 1. The Morgan fingerprint density at radius 1 is 0.905 bits per heavy atom. The first-order chi connectivity index (χ1) is 20.0. The van der Waals surface area contributed by atoms with Gasteiger partial charge in [-0.15, -0.1) is 0 Å². The maximum absolute atomic E-state index is 12.9. The van der Waals surface area contributed by atoms with Gasteiger partial charge in [-0.2, -0.15) is 0 Å². The van der Waals surface area contributed by atoms with Crippen LogP contribution in [0.5, 0.6) is 34.5 Å². The van der Waals surface area contributed by atoms with Crippen molar-refractivity contribution in [2.45, 2.75) is 31.8 Å². The first-order valence-corrected chi connectivity index (χ1v) is 13.1. The van der Waals surface area contributed by atoms with Crippen molar-refractivity contribution in [3.05, 3.63) is 76.4 Å². The number of fused-ring (bicyclic) bond motifs is 1. The molecule has 0 amide bonds. The van der Waals surface area contributed by atoms with E-state index in [9.17, 15) is 45.3 Å². The minimum Gasteiger partial charge on any atom is -0.504 e. The SMILES string of the molecule is CCNC[C@@H](c1ccc(O)c(O)c1)[C@@H](OC(=O)C=Cc1cc(O)c(O)c2c1C=C(c1ccc(O)c(O)c1)CC2)C(=O)O. The number of likely N-dealkylation sites (N-methyl/N-ethyl adjacent to an activating group) is 1. The van der Waals surface area contributed by atoms with Crippen molar-refractivity contribution in [2.75, 3.05) is 13.1 Å². The average molecular weight is 578 g/mol. The van der Waals surface area contributed by atoms with E-state index in [1.54, 1.807) is 12.1 Å². The Bertz CT molecular complexity index is 1580. The number of carbonyl (C=O) groups is 2. The van der Waals surface area contributed by atoms with Crippen LogP contribution in [0.1, 0.15) is 47.1 Å². The summed E-state index contributed by atoms with van der Waals surface area (Å²) in [6, 6.07) is 9.50. The van der Waals surface area contributed by atoms with E-state index >= 15 is 0 Å². The van der Waals surface area contributed by atoms with Crippen LogP contribution < -0.4 is 5.32 Å². The summed E-state index contributed by atoms with van der Waals surface area (Å²) in [5, 5.41) is 72.9. The van der Waals surface area contributed by atoms with Crippen molar-refractivity contribution in [1.82, 2.24) is 5.32 Å². The summed E-state index contributed by atoms with van der Waals surface area (Å²) < 4.78 is 5.34. The molecule has 3 aromatic rings. The maximum atomic E-state index is 12.9. The zero-order chi connectivity index (χ0) is 30.6. The van der Waals surface area contributed by atoms with E-state index in [0.717, 1.165) is 11.6 Å². The number of esters is 1. The molecule has 0 saturated heterocycles. The molecule has 0 radical (unpaired) electrons. The molecular formula is C31H31NO10. The molecule has 3 aromatic carbocycles. The summed E-state index contributed by atoms with van der Waals surface area (Å²) in [6.07, 6.45) is 3.22. The summed E-state index contributed by atoms with van der Waals surface area (Å²) in [6.45, 7) is 2.40. The zero-order valence-corrected chi connectivity index (χ0v) is 22.6. The molecule has 0 aromatic heterocycles. The molecule has 8 N–H and O–H groups in total. The molecule has 1 aliphatic carbocycles. The predicted octanol–water partition coefficient (Wildman–Crippen LogP) is 3.81. The lowest BCUT2D eigenvalue weighted by Gasteiger charge is -2.24. The van der Waals surface area contributed by atoms with E-state index < -0.39 is 35.5 Å². The molecule has 0 unspecified atom stereocenters. The number of hydrogen-bond donors (Lipinski definition) is 8. The fraction of sp³-hybridized carbons (Fsp3) is 0.226. The van der Waals surface area contributed by atoms with Crippen LogP contribution in [-0.2, 0) is 20.7 Å². The third-order valence-corrected chi connectivity index (χ3v) is 7.06. The highest BCUT2D eigenvalue weighted by molar-refractivity contribution is 5.93.